The third-order valence-electron chi connectivity index (χ3n) is 13.1. The topological polar surface area (TPSA) is 0 Å². The van der Waals surface area contributed by atoms with Gasteiger partial charge in [-0.15, -0.1) is 0 Å². The maximum atomic E-state index is 2.37. The minimum absolute atomic E-state index is 1.03. The van der Waals surface area contributed by atoms with Crippen LogP contribution in [0.25, 0.3) is 0 Å². The molecule has 0 aromatic carbocycles. The van der Waals surface area contributed by atoms with E-state index in [2.05, 4.69) is 20.8 Å². The van der Waals surface area contributed by atoms with Crippen LogP contribution in [0.1, 0.15) is 342 Å². The van der Waals surface area contributed by atoms with Crippen molar-refractivity contribution >= 4 is 0 Å². The molecular formula is C54H110. The molecule has 0 fully saturated rings. The van der Waals surface area contributed by atoms with E-state index in [1.165, 1.54) is 321 Å². The molecule has 0 radical (unpaired) electrons. The van der Waals surface area contributed by atoms with Gasteiger partial charge in [0.1, 0.15) is 0 Å². The van der Waals surface area contributed by atoms with Crippen LogP contribution in [0.5, 0.6) is 0 Å². The summed E-state index contributed by atoms with van der Waals surface area (Å²) in [5, 5.41) is 0. The van der Waals surface area contributed by atoms with Crippen molar-refractivity contribution in [1.82, 2.24) is 0 Å². The summed E-state index contributed by atoms with van der Waals surface area (Å²) in [5.41, 5.74) is 0. The number of rotatable bonds is 50. The lowest BCUT2D eigenvalue weighted by molar-refractivity contribution is 0.367. The molecule has 0 aliphatic heterocycles. The maximum Gasteiger partial charge on any atom is -0.0414 e. The van der Waals surface area contributed by atoms with Gasteiger partial charge in [-0.05, 0) is 5.92 Å². The molecule has 0 aliphatic carbocycles. The maximum absolute atomic E-state index is 2.37. The van der Waals surface area contributed by atoms with Crippen molar-refractivity contribution in [3.05, 3.63) is 0 Å². The molecule has 0 aliphatic rings. The van der Waals surface area contributed by atoms with E-state index in [1.54, 1.807) is 0 Å². The molecule has 1 atom stereocenters. The minimum Gasteiger partial charge on any atom is -0.0654 e. The van der Waals surface area contributed by atoms with E-state index in [0.717, 1.165) is 5.92 Å². The number of unbranched alkanes of at least 4 members (excludes halogenated alkanes) is 44. The Morgan fingerprint density at radius 3 is 0.426 bits per heavy atom. The van der Waals surface area contributed by atoms with Gasteiger partial charge >= 0.3 is 0 Å². The van der Waals surface area contributed by atoms with Crippen molar-refractivity contribution in [3.8, 4) is 0 Å². The van der Waals surface area contributed by atoms with Gasteiger partial charge in [0.25, 0.3) is 0 Å². The van der Waals surface area contributed by atoms with Crippen LogP contribution in [-0.2, 0) is 0 Å². The van der Waals surface area contributed by atoms with Crippen molar-refractivity contribution in [1.29, 1.82) is 0 Å². The highest BCUT2D eigenvalue weighted by Gasteiger charge is 2.09. The summed E-state index contributed by atoms with van der Waals surface area (Å²) < 4.78 is 0. The molecule has 0 rings (SSSR count). The second-order valence-corrected chi connectivity index (χ2v) is 18.8. The lowest BCUT2D eigenvalue weighted by Crippen LogP contribution is -2.01. The Morgan fingerprint density at radius 1 is 0.148 bits per heavy atom. The summed E-state index contributed by atoms with van der Waals surface area (Å²) >= 11 is 0. The first-order chi connectivity index (χ1) is 26.8. The molecule has 0 aromatic heterocycles. The number of hydrogen-bond donors (Lipinski definition) is 0. The molecule has 0 amide bonds. The molecule has 54 heavy (non-hydrogen) atoms. The second-order valence-electron chi connectivity index (χ2n) is 18.8. The largest absolute Gasteiger partial charge is 0.0654 e. The average Bonchev–Trinajstić information content (AvgIpc) is 3.18. The molecule has 0 heterocycles. The third-order valence-corrected chi connectivity index (χ3v) is 13.1. The first-order valence-electron chi connectivity index (χ1n) is 26.8. The smallest absolute Gasteiger partial charge is 0.0414 e. The van der Waals surface area contributed by atoms with Gasteiger partial charge < -0.3 is 0 Å². The van der Waals surface area contributed by atoms with Gasteiger partial charge in [-0.1, -0.05) is 342 Å². The highest BCUT2D eigenvalue weighted by atomic mass is 14.1. The molecule has 0 saturated heterocycles. The van der Waals surface area contributed by atoms with E-state index in [-0.39, 0.29) is 0 Å². The standard InChI is InChI=1S/C54H110/c1-4-7-10-12-14-16-18-20-22-24-26-28-29-30-31-33-35-37-39-41-43-45-47-50-53-54(51-48-9-6-3)52-49-46-44-42-40-38-36-34-32-27-25-23-21-19-17-15-13-11-8-5-2/h54H,4-53H2,1-3H3. The average molecular weight is 759 g/mol. The Labute approximate surface area is 346 Å². The predicted octanol–water partition coefficient (Wildman–Crippen LogP) is 21.2. The van der Waals surface area contributed by atoms with Crippen molar-refractivity contribution in [3.63, 3.8) is 0 Å². The van der Waals surface area contributed by atoms with E-state index in [1.807, 2.05) is 0 Å². The lowest BCUT2D eigenvalue weighted by atomic mass is 9.89. The highest BCUT2D eigenvalue weighted by molar-refractivity contribution is 4.62. The van der Waals surface area contributed by atoms with Crippen molar-refractivity contribution < 1.29 is 0 Å². The molecular weight excluding hydrogens is 649 g/mol. The van der Waals surface area contributed by atoms with Crippen LogP contribution in [0.15, 0.2) is 0 Å². The first-order valence-corrected chi connectivity index (χ1v) is 26.8. The summed E-state index contributed by atoms with van der Waals surface area (Å²) in [7, 11) is 0. The van der Waals surface area contributed by atoms with Gasteiger partial charge in [-0.25, -0.2) is 0 Å². The van der Waals surface area contributed by atoms with Gasteiger partial charge in [-0.2, -0.15) is 0 Å². The SMILES string of the molecule is CCCCCCCCCCCCCCCCCCCCCCCCCCC(CCCCC)CCCCCCCCCCCCCCCCCCCCCC. The fraction of sp³-hybridized carbons (Fsp3) is 1.00. The predicted molar refractivity (Wildman–Crippen MR) is 251 cm³/mol. The molecule has 0 nitrogen and oxygen atoms in total. The van der Waals surface area contributed by atoms with Crippen LogP contribution < -0.4 is 0 Å². The highest BCUT2D eigenvalue weighted by Crippen LogP contribution is 2.25. The van der Waals surface area contributed by atoms with Gasteiger partial charge in [0.05, 0.1) is 0 Å². The van der Waals surface area contributed by atoms with Crippen LogP contribution in [0.4, 0.5) is 0 Å². The molecule has 0 aromatic rings. The van der Waals surface area contributed by atoms with E-state index < -0.39 is 0 Å². The van der Waals surface area contributed by atoms with E-state index >= 15 is 0 Å². The van der Waals surface area contributed by atoms with Crippen molar-refractivity contribution in [2.24, 2.45) is 5.92 Å². The fourth-order valence-corrected chi connectivity index (χ4v) is 9.20. The minimum atomic E-state index is 1.03. The zero-order valence-electron chi connectivity index (χ0n) is 38.9. The van der Waals surface area contributed by atoms with Crippen LogP contribution in [0.2, 0.25) is 0 Å². The van der Waals surface area contributed by atoms with E-state index in [9.17, 15) is 0 Å². The molecule has 0 bridgehead atoms. The molecule has 0 spiro atoms. The zero-order valence-corrected chi connectivity index (χ0v) is 38.9. The fourth-order valence-electron chi connectivity index (χ4n) is 9.20. The van der Waals surface area contributed by atoms with Crippen LogP contribution in [-0.4, -0.2) is 0 Å². The molecule has 326 valence electrons. The van der Waals surface area contributed by atoms with Crippen LogP contribution in [0.3, 0.4) is 0 Å². The Morgan fingerprint density at radius 2 is 0.259 bits per heavy atom. The molecule has 1 unspecified atom stereocenters. The normalized spacial score (nSPS) is 12.3. The van der Waals surface area contributed by atoms with Gasteiger partial charge in [0, 0.05) is 0 Å². The summed E-state index contributed by atoms with van der Waals surface area (Å²) in [6.45, 7) is 7.00. The first kappa shape index (κ1) is 54.0. The van der Waals surface area contributed by atoms with Crippen molar-refractivity contribution in [2.75, 3.05) is 0 Å². The van der Waals surface area contributed by atoms with Crippen LogP contribution in [0, 0.1) is 5.92 Å². The van der Waals surface area contributed by atoms with E-state index in [0.29, 0.717) is 0 Å². The third kappa shape index (κ3) is 48.1. The Hall–Kier alpha value is 0. The Bertz CT molecular complexity index is 607. The Balaban J connectivity index is 3.45. The number of hydrogen-bond acceptors (Lipinski definition) is 0. The molecule has 0 heteroatoms. The summed E-state index contributed by atoms with van der Waals surface area (Å²) in [6, 6.07) is 0. The summed E-state index contributed by atoms with van der Waals surface area (Å²) in [5.74, 6) is 1.03. The van der Waals surface area contributed by atoms with Gasteiger partial charge in [-0.3, -0.25) is 0 Å². The van der Waals surface area contributed by atoms with Gasteiger partial charge in [0.15, 0.2) is 0 Å². The molecule has 0 N–H and O–H groups in total. The second kappa shape index (κ2) is 51.0. The van der Waals surface area contributed by atoms with Crippen LogP contribution >= 0.6 is 0 Å². The summed E-state index contributed by atoms with van der Waals surface area (Å²) in [4.78, 5) is 0. The quantitative estimate of drug-likeness (QED) is 0.0542. The van der Waals surface area contributed by atoms with Gasteiger partial charge in [0.2, 0.25) is 0 Å². The van der Waals surface area contributed by atoms with Crippen molar-refractivity contribution in [2.45, 2.75) is 342 Å². The lowest BCUT2D eigenvalue weighted by Gasteiger charge is -2.17. The zero-order chi connectivity index (χ0) is 38.9. The monoisotopic (exact) mass is 759 g/mol. The van der Waals surface area contributed by atoms with E-state index in [4.69, 9.17) is 0 Å². The molecule has 0 saturated carbocycles. The summed E-state index contributed by atoms with van der Waals surface area (Å²) in [6.07, 6.45) is 74.3. The Kier molecular flexibility index (Phi) is 51.0.